The number of nitrogens with zero attached hydrogens (tertiary/aromatic N) is 5. The lowest BCUT2D eigenvalue weighted by Gasteiger charge is -2.42. The van der Waals surface area contributed by atoms with Crippen molar-refractivity contribution in [2.75, 3.05) is 56.1 Å². The minimum Gasteiger partial charge on any atom is -0.380 e. The van der Waals surface area contributed by atoms with Crippen molar-refractivity contribution >= 4 is 54.7 Å². The van der Waals surface area contributed by atoms with Crippen LogP contribution in [0.25, 0.3) is 11.1 Å². The zero-order chi connectivity index (χ0) is 44.9. The van der Waals surface area contributed by atoms with Crippen molar-refractivity contribution in [1.82, 2.24) is 24.7 Å². The quantitative estimate of drug-likeness (QED) is 0.0921. The number of sulfone groups is 1. The maximum Gasteiger partial charge on any atom is 0.501 e. The predicted molar refractivity (Wildman–Crippen MR) is 244 cm³/mol. The maximum atomic E-state index is 14.2. The molecule has 4 aromatic carbocycles. The molecule has 63 heavy (non-hydrogen) atoms. The van der Waals surface area contributed by atoms with Crippen LogP contribution in [0.5, 0.6) is 0 Å². The van der Waals surface area contributed by atoms with Crippen molar-refractivity contribution in [3.63, 3.8) is 0 Å². The lowest BCUT2D eigenvalue weighted by Crippen LogP contribution is -2.47. The third-order valence-corrected chi connectivity index (χ3v) is 16.0. The van der Waals surface area contributed by atoms with Crippen LogP contribution in [0.3, 0.4) is 0 Å². The van der Waals surface area contributed by atoms with E-state index in [9.17, 15) is 30.0 Å². The fraction of sp³-hybridized carbons (Fsp3) is 0.378. The van der Waals surface area contributed by atoms with Crippen molar-refractivity contribution in [2.24, 2.45) is 0 Å². The number of rotatable bonds is 16. The molecule has 2 aliphatic heterocycles. The summed E-state index contributed by atoms with van der Waals surface area (Å²) in [6.45, 7) is 5.68. The highest BCUT2D eigenvalue weighted by atomic mass is 35.5. The van der Waals surface area contributed by atoms with Gasteiger partial charge in [-0.05, 0) is 112 Å². The van der Waals surface area contributed by atoms with E-state index in [0.29, 0.717) is 60.6 Å². The second-order valence-electron chi connectivity index (χ2n) is 16.2. The molecule has 1 aromatic heterocycles. The summed E-state index contributed by atoms with van der Waals surface area (Å²) in [5.41, 5.74) is -1.25. The smallest absolute Gasteiger partial charge is 0.380 e. The summed E-state index contributed by atoms with van der Waals surface area (Å²) in [6, 6.07) is 28.5. The molecule has 0 spiro atoms. The van der Waals surface area contributed by atoms with Crippen LogP contribution >= 0.6 is 23.4 Å². The molecular weight excluding hydrogens is 891 g/mol. The summed E-state index contributed by atoms with van der Waals surface area (Å²) in [5, 5.41) is 3.70. The molecule has 3 heterocycles. The summed E-state index contributed by atoms with van der Waals surface area (Å²) in [4.78, 5) is 14.6. The molecule has 2 N–H and O–H groups in total. The number of benzene rings is 4. The van der Waals surface area contributed by atoms with Gasteiger partial charge in [0.25, 0.3) is 19.9 Å². The van der Waals surface area contributed by atoms with Gasteiger partial charge < -0.3 is 10.2 Å². The van der Waals surface area contributed by atoms with Crippen molar-refractivity contribution < 1.29 is 30.0 Å². The summed E-state index contributed by atoms with van der Waals surface area (Å²) in [7, 11) is -6.89. The topological polar surface area (TPSA) is 128 Å². The molecule has 11 nitrogen and oxygen atoms in total. The van der Waals surface area contributed by atoms with E-state index >= 15 is 0 Å². The monoisotopic (exact) mass is 941 g/mol. The van der Waals surface area contributed by atoms with Gasteiger partial charge in [-0.3, -0.25) is 14.5 Å². The van der Waals surface area contributed by atoms with Crippen molar-refractivity contribution in [1.29, 1.82) is 0 Å². The fourth-order valence-corrected chi connectivity index (χ4v) is 11.4. The molecular formula is C45H51ClF3N7O4S3. The summed E-state index contributed by atoms with van der Waals surface area (Å²) < 4.78 is 98.9. The largest absolute Gasteiger partial charge is 0.501 e. The molecule has 2 atom stereocenters. The first-order valence-electron chi connectivity index (χ1n) is 20.7. The number of hydrogen-bond acceptors (Lipinski definition) is 11. The van der Waals surface area contributed by atoms with E-state index < -0.39 is 41.2 Å². The van der Waals surface area contributed by atoms with Gasteiger partial charge >= 0.3 is 5.51 Å². The Hall–Kier alpha value is -4.23. The van der Waals surface area contributed by atoms with E-state index in [0.717, 1.165) is 48.5 Å². The predicted octanol–water partition coefficient (Wildman–Crippen LogP) is 9.00. The number of anilines is 2. The number of sulfonamides is 1. The third-order valence-electron chi connectivity index (χ3n) is 11.7. The Kier molecular flexibility index (Phi) is 14.8. The van der Waals surface area contributed by atoms with Gasteiger partial charge in [-0.15, -0.1) is 11.8 Å². The van der Waals surface area contributed by atoms with Crippen LogP contribution in [-0.4, -0.2) is 105 Å². The maximum absolute atomic E-state index is 14.2. The number of alkyl halides is 3. The Morgan fingerprint density at radius 2 is 1.60 bits per heavy atom. The SMILES string of the molecule is CC(c1ccccc1-c1ccc(Cl)cc1)N1CCC(N2CCc3c(ncnc3NS(=O)(=O)c3ccc(NC(CCN(C)C)CSc4ccccc4)c(S(=O)(=O)C(F)(F)F)c3)C2)CC1. The average molecular weight is 943 g/mol. The molecule has 0 saturated carbocycles. The molecule has 18 heteroatoms. The number of halogens is 4. The van der Waals surface area contributed by atoms with E-state index in [2.05, 4.69) is 54.9 Å². The number of aromatic nitrogens is 2. The van der Waals surface area contributed by atoms with Gasteiger partial charge in [0.1, 0.15) is 17.0 Å². The molecule has 2 unspecified atom stereocenters. The van der Waals surface area contributed by atoms with Gasteiger partial charge in [-0.25, -0.2) is 26.8 Å². The summed E-state index contributed by atoms with van der Waals surface area (Å²) in [6.07, 6.45) is 4.03. The van der Waals surface area contributed by atoms with Gasteiger partial charge in [-0.2, -0.15) is 13.2 Å². The van der Waals surface area contributed by atoms with E-state index in [-0.39, 0.29) is 23.6 Å². The highest BCUT2D eigenvalue weighted by Crippen LogP contribution is 2.38. The molecule has 2 aliphatic rings. The Morgan fingerprint density at radius 1 is 0.905 bits per heavy atom. The van der Waals surface area contributed by atoms with Crippen LogP contribution in [0.1, 0.15) is 49.0 Å². The lowest BCUT2D eigenvalue weighted by atomic mass is 9.92. The van der Waals surface area contributed by atoms with Gasteiger partial charge in [0.2, 0.25) is 0 Å². The first-order valence-corrected chi connectivity index (χ1v) is 25.1. The lowest BCUT2D eigenvalue weighted by molar-refractivity contribution is -0.0435. The molecule has 7 rings (SSSR count). The molecule has 1 fully saturated rings. The van der Waals surface area contributed by atoms with Crippen LogP contribution in [0.15, 0.2) is 118 Å². The van der Waals surface area contributed by atoms with E-state index in [4.69, 9.17) is 11.6 Å². The molecule has 0 radical (unpaired) electrons. The van der Waals surface area contributed by atoms with Crippen LogP contribution in [-0.2, 0) is 32.8 Å². The highest BCUT2D eigenvalue weighted by molar-refractivity contribution is 7.99. The van der Waals surface area contributed by atoms with Gasteiger partial charge in [-0.1, -0.05) is 66.2 Å². The number of fused-ring (bicyclic) bond motifs is 1. The minimum atomic E-state index is -5.99. The second kappa shape index (κ2) is 19.9. The Bertz CT molecular complexity index is 2580. The normalized spacial score (nSPS) is 16.7. The number of nitrogens with one attached hydrogen (secondary N) is 2. The van der Waals surface area contributed by atoms with Gasteiger partial charge in [0.05, 0.1) is 16.3 Å². The zero-order valence-electron chi connectivity index (χ0n) is 35.2. The van der Waals surface area contributed by atoms with Crippen LogP contribution < -0.4 is 10.0 Å². The van der Waals surface area contributed by atoms with Crippen LogP contribution in [0.2, 0.25) is 5.02 Å². The van der Waals surface area contributed by atoms with Crippen LogP contribution in [0, 0.1) is 0 Å². The Labute approximate surface area is 377 Å². The molecule has 0 amide bonds. The molecule has 336 valence electrons. The number of hydrogen-bond donors (Lipinski definition) is 2. The van der Waals surface area contributed by atoms with E-state index in [1.54, 1.807) is 0 Å². The molecule has 5 aromatic rings. The molecule has 0 aliphatic carbocycles. The number of thioether (sulfide) groups is 1. The van der Waals surface area contributed by atoms with Crippen molar-refractivity contribution in [3.8, 4) is 11.1 Å². The summed E-state index contributed by atoms with van der Waals surface area (Å²) >= 11 is 7.63. The fourth-order valence-electron chi connectivity index (χ4n) is 8.23. The van der Waals surface area contributed by atoms with Crippen LogP contribution in [0.4, 0.5) is 24.7 Å². The zero-order valence-corrected chi connectivity index (χ0v) is 38.4. The van der Waals surface area contributed by atoms with E-state index in [1.807, 2.05) is 79.7 Å². The highest BCUT2D eigenvalue weighted by Gasteiger charge is 2.48. The molecule has 0 bridgehead atoms. The van der Waals surface area contributed by atoms with Gasteiger partial charge in [0, 0.05) is 65.5 Å². The van der Waals surface area contributed by atoms with Gasteiger partial charge in [0.15, 0.2) is 0 Å². The second-order valence-corrected chi connectivity index (χ2v) is 21.3. The Balaban J connectivity index is 1.05. The number of likely N-dealkylation sites (tertiary alicyclic amines) is 1. The van der Waals surface area contributed by atoms with Crippen molar-refractivity contribution in [2.45, 2.75) is 77.5 Å². The third kappa shape index (κ3) is 11.2. The first kappa shape index (κ1) is 46.8. The first-order chi connectivity index (χ1) is 30.0. The summed E-state index contributed by atoms with van der Waals surface area (Å²) in [5.74, 6) is 0.410. The molecule has 1 saturated heterocycles. The Morgan fingerprint density at radius 3 is 2.30 bits per heavy atom. The minimum absolute atomic E-state index is 0.00626. The van der Waals surface area contributed by atoms with Crippen molar-refractivity contribution in [3.05, 3.63) is 125 Å². The average Bonchev–Trinajstić information content (AvgIpc) is 3.27. The standard InChI is InChI=1S/C45H51ClF3N7O4S3/c1-31(38-11-7-8-12-39(38)32-13-15-33(46)16-14-32)55-24-20-35(21-25-55)56-26-22-40-42(28-56)50-30-51-44(40)53-63(59,60)37-17-18-41(43(27-37)62(57,58)45(47,48)49)52-34(19-23-54(2)3)29-61-36-9-5-4-6-10-36/h4-18,27,30-31,34-35,52H,19-26,28-29H2,1-3H3,(H,50,51,53). The van der Waals surface area contributed by atoms with E-state index in [1.165, 1.54) is 29.2 Å². The number of piperidine rings is 1.